The zero-order chi connectivity index (χ0) is 21.7. The summed E-state index contributed by atoms with van der Waals surface area (Å²) in [6.07, 6.45) is 0. The van der Waals surface area contributed by atoms with Crippen molar-refractivity contribution in [3.63, 3.8) is 0 Å². The predicted octanol–water partition coefficient (Wildman–Crippen LogP) is 4.38. The van der Waals surface area contributed by atoms with Crippen LogP contribution in [0.25, 0.3) is 0 Å². The Morgan fingerprint density at radius 1 is 1.03 bits per heavy atom. The first kappa shape index (κ1) is 21.2. The zero-order valence-electron chi connectivity index (χ0n) is 18.1. The maximum atomic E-state index is 11.1. The Kier molecular flexibility index (Phi) is 6.44. The van der Waals surface area contributed by atoms with E-state index in [0.29, 0.717) is 6.61 Å². The summed E-state index contributed by atoms with van der Waals surface area (Å²) >= 11 is 0. The van der Waals surface area contributed by atoms with Gasteiger partial charge in [-0.05, 0) is 42.8 Å². The van der Waals surface area contributed by atoms with Crippen LogP contribution in [0.3, 0.4) is 0 Å². The molecule has 0 aromatic heterocycles. The van der Waals surface area contributed by atoms with Crippen LogP contribution in [0, 0.1) is 0 Å². The van der Waals surface area contributed by atoms with Crippen LogP contribution in [-0.4, -0.2) is 36.9 Å². The van der Waals surface area contributed by atoms with Crippen LogP contribution >= 0.6 is 0 Å². The number of para-hydroxylation sites is 2. The average molecular weight is 420 g/mol. The topological polar surface area (TPSA) is 51.2 Å². The van der Waals surface area contributed by atoms with E-state index in [-0.39, 0.29) is 6.61 Å². The summed E-state index contributed by atoms with van der Waals surface area (Å²) < 4.78 is 17.3. The third-order valence-electron chi connectivity index (χ3n) is 5.59. The molecule has 5 heteroatoms. The Morgan fingerprint density at radius 2 is 1.81 bits per heavy atom. The van der Waals surface area contributed by atoms with Crippen molar-refractivity contribution in [1.29, 1.82) is 0 Å². The smallest absolute Gasteiger partial charge is 0.123 e. The Balaban J connectivity index is 1.50. The van der Waals surface area contributed by atoms with E-state index < -0.39 is 5.60 Å². The normalized spacial score (nSPS) is 15.8. The van der Waals surface area contributed by atoms with Gasteiger partial charge in [0.15, 0.2) is 0 Å². The molecule has 0 spiro atoms. The van der Waals surface area contributed by atoms with E-state index >= 15 is 0 Å². The van der Waals surface area contributed by atoms with Crippen molar-refractivity contribution in [1.82, 2.24) is 4.90 Å². The standard InChI is InChI=1S/C26H29NO4/c1-26(28,19-31-23-9-4-3-5-10-23)22-12-13-25-21(16-22)18-27(14-15-30-25)17-20-8-6-7-11-24(20)29-2/h3-13,16,28H,14-15,17-19H2,1-2H3. The molecule has 3 aromatic rings. The summed E-state index contributed by atoms with van der Waals surface area (Å²) in [6, 6.07) is 23.5. The highest BCUT2D eigenvalue weighted by atomic mass is 16.5. The number of hydrogen-bond acceptors (Lipinski definition) is 5. The van der Waals surface area contributed by atoms with Gasteiger partial charge in [0.1, 0.15) is 36.1 Å². The van der Waals surface area contributed by atoms with Gasteiger partial charge in [0.2, 0.25) is 0 Å². The summed E-state index contributed by atoms with van der Waals surface area (Å²) in [6.45, 7) is 4.88. The molecule has 0 bridgehead atoms. The first-order valence-electron chi connectivity index (χ1n) is 10.6. The molecule has 0 saturated carbocycles. The van der Waals surface area contributed by atoms with Gasteiger partial charge in [-0.25, -0.2) is 0 Å². The van der Waals surface area contributed by atoms with Gasteiger partial charge in [0.05, 0.1) is 7.11 Å². The highest BCUT2D eigenvalue weighted by Gasteiger charge is 2.27. The lowest BCUT2D eigenvalue weighted by atomic mass is 9.94. The van der Waals surface area contributed by atoms with Gasteiger partial charge < -0.3 is 19.3 Å². The van der Waals surface area contributed by atoms with E-state index in [1.54, 1.807) is 14.0 Å². The molecule has 0 radical (unpaired) electrons. The van der Waals surface area contributed by atoms with E-state index in [2.05, 4.69) is 11.0 Å². The number of nitrogens with zero attached hydrogens (tertiary/aromatic N) is 1. The van der Waals surface area contributed by atoms with E-state index in [4.69, 9.17) is 14.2 Å². The summed E-state index contributed by atoms with van der Waals surface area (Å²) in [5, 5.41) is 11.1. The first-order chi connectivity index (χ1) is 15.0. The molecule has 162 valence electrons. The minimum absolute atomic E-state index is 0.168. The van der Waals surface area contributed by atoms with Crippen LogP contribution < -0.4 is 14.2 Å². The van der Waals surface area contributed by atoms with Crippen LogP contribution in [-0.2, 0) is 18.7 Å². The van der Waals surface area contributed by atoms with Gasteiger partial charge in [-0.15, -0.1) is 0 Å². The number of methoxy groups -OCH3 is 1. The molecule has 1 aliphatic heterocycles. The van der Waals surface area contributed by atoms with Gasteiger partial charge in [-0.1, -0.05) is 42.5 Å². The van der Waals surface area contributed by atoms with Crippen molar-refractivity contribution < 1.29 is 19.3 Å². The Morgan fingerprint density at radius 3 is 2.61 bits per heavy atom. The highest BCUT2D eigenvalue weighted by molar-refractivity contribution is 5.40. The number of ether oxygens (including phenoxy) is 3. The molecule has 31 heavy (non-hydrogen) atoms. The van der Waals surface area contributed by atoms with E-state index in [1.807, 2.05) is 66.7 Å². The summed E-state index contributed by atoms with van der Waals surface area (Å²) in [5.74, 6) is 2.50. The van der Waals surface area contributed by atoms with Crippen molar-refractivity contribution in [2.45, 2.75) is 25.6 Å². The number of fused-ring (bicyclic) bond motifs is 1. The molecular weight excluding hydrogens is 390 g/mol. The Labute approximate surface area is 183 Å². The molecule has 1 atom stereocenters. The molecule has 1 aliphatic rings. The van der Waals surface area contributed by atoms with Crippen LogP contribution in [0.5, 0.6) is 17.2 Å². The lowest BCUT2D eigenvalue weighted by Crippen LogP contribution is -2.30. The molecule has 5 nitrogen and oxygen atoms in total. The maximum absolute atomic E-state index is 11.1. The predicted molar refractivity (Wildman–Crippen MR) is 121 cm³/mol. The van der Waals surface area contributed by atoms with Crippen LogP contribution in [0.1, 0.15) is 23.6 Å². The number of hydrogen-bond donors (Lipinski definition) is 1. The van der Waals surface area contributed by atoms with Crippen LogP contribution in [0.4, 0.5) is 0 Å². The minimum Gasteiger partial charge on any atom is -0.496 e. The Hall–Kier alpha value is -3.02. The molecule has 1 heterocycles. The monoisotopic (exact) mass is 419 g/mol. The molecule has 1 N–H and O–H groups in total. The second-order valence-electron chi connectivity index (χ2n) is 8.07. The minimum atomic E-state index is -1.12. The maximum Gasteiger partial charge on any atom is 0.123 e. The van der Waals surface area contributed by atoms with Crippen molar-refractivity contribution >= 4 is 0 Å². The molecule has 3 aromatic carbocycles. The molecule has 4 rings (SSSR count). The number of rotatable bonds is 7. The third kappa shape index (κ3) is 5.19. The second kappa shape index (κ2) is 9.41. The lowest BCUT2D eigenvalue weighted by molar-refractivity contribution is 0.00748. The average Bonchev–Trinajstić information content (AvgIpc) is 3.00. The van der Waals surface area contributed by atoms with Crippen LogP contribution in [0.15, 0.2) is 72.8 Å². The summed E-state index contributed by atoms with van der Waals surface area (Å²) in [4.78, 5) is 2.34. The number of benzene rings is 3. The van der Waals surface area contributed by atoms with Gasteiger partial charge >= 0.3 is 0 Å². The fraction of sp³-hybridized carbons (Fsp3) is 0.308. The lowest BCUT2D eigenvalue weighted by Gasteiger charge is -2.26. The van der Waals surface area contributed by atoms with Crippen molar-refractivity contribution in [3.05, 3.63) is 89.5 Å². The third-order valence-corrected chi connectivity index (χ3v) is 5.59. The van der Waals surface area contributed by atoms with Crippen molar-refractivity contribution in [2.24, 2.45) is 0 Å². The Bertz CT molecular complexity index is 1000. The van der Waals surface area contributed by atoms with Gasteiger partial charge in [0, 0.05) is 30.8 Å². The highest BCUT2D eigenvalue weighted by Crippen LogP contribution is 2.31. The number of aliphatic hydroxyl groups is 1. The van der Waals surface area contributed by atoms with E-state index in [9.17, 15) is 5.11 Å². The second-order valence-corrected chi connectivity index (χ2v) is 8.07. The van der Waals surface area contributed by atoms with E-state index in [1.165, 1.54) is 0 Å². The van der Waals surface area contributed by atoms with Crippen molar-refractivity contribution in [3.8, 4) is 17.2 Å². The fourth-order valence-electron chi connectivity index (χ4n) is 3.82. The van der Waals surface area contributed by atoms with Gasteiger partial charge in [-0.3, -0.25) is 4.90 Å². The summed E-state index contributed by atoms with van der Waals surface area (Å²) in [5.41, 5.74) is 1.90. The molecule has 1 unspecified atom stereocenters. The zero-order valence-corrected chi connectivity index (χ0v) is 18.1. The van der Waals surface area contributed by atoms with Gasteiger partial charge in [0.25, 0.3) is 0 Å². The fourth-order valence-corrected chi connectivity index (χ4v) is 3.82. The molecular formula is C26H29NO4. The first-order valence-corrected chi connectivity index (χ1v) is 10.6. The quantitative estimate of drug-likeness (QED) is 0.616. The largest absolute Gasteiger partial charge is 0.496 e. The van der Waals surface area contributed by atoms with Crippen LogP contribution in [0.2, 0.25) is 0 Å². The molecule has 0 fully saturated rings. The SMILES string of the molecule is COc1ccccc1CN1CCOc2ccc(C(C)(O)COc3ccccc3)cc2C1. The van der Waals surface area contributed by atoms with E-state index in [0.717, 1.165) is 53.6 Å². The molecule has 0 amide bonds. The molecule has 0 saturated heterocycles. The van der Waals surface area contributed by atoms with Crippen molar-refractivity contribution in [2.75, 3.05) is 26.9 Å². The molecule has 0 aliphatic carbocycles. The summed E-state index contributed by atoms with van der Waals surface area (Å²) in [7, 11) is 1.70. The van der Waals surface area contributed by atoms with Gasteiger partial charge in [-0.2, -0.15) is 0 Å².